The number of nitrogens with one attached hydrogen (secondary N) is 3. The fraction of sp³-hybridized carbons (Fsp3) is 0.400. The van der Waals surface area contributed by atoms with Gasteiger partial charge in [-0.3, -0.25) is 14.4 Å². The van der Waals surface area contributed by atoms with E-state index in [4.69, 9.17) is 4.74 Å². The predicted octanol–water partition coefficient (Wildman–Crippen LogP) is 2.06. The second-order valence-corrected chi connectivity index (χ2v) is 6.83. The van der Waals surface area contributed by atoms with E-state index in [1.807, 2.05) is 6.92 Å². The Kier molecular flexibility index (Phi) is 5.77. The lowest BCUT2D eigenvalue weighted by atomic mass is 10.1. The predicted molar refractivity (Wildman–Crippen MR) is 105 cm³/mol. The number of carbonyl (C=O) groups is 2. The van der Waals surface area contributed by atoms with E-state index >= 15 is 0 Å². The molecule has 2 heterocycles. The van der Waals surface area contributed by atoms with Gasteiger partial charge < -0.3 is 20.4 Å². The normalized spacial score (nSPS) is 16.0. The second-order valence-electron chi connectivity index (χ2n) is 6.83. The summed E-state index contributed by atoms with van der Waals surface area (Å²) in [6, 6.07) is 4.64. The van der Waals surface area contributed by atoms with Gasteiger partial charge in [-0.2, -0.15) is 0 Å². The lowest BCUT2D eigenvalue weighted by molar-refractivity contribution is -0.122. The van der Waals surface area contributed by atoms with Gasteiger partial charge in [-0.1, -0.05) is 6.92 Å². The summed E-state index contributed by atoms with van der Waals surface area (Å²) in [6.07, 6.45) is 1.65. The Labute approximate surface area is 162 Å². The van der Waals surface area contributed by atoms with Crippen LogP contribution in [-0.2, 0) is 9.59 Å². The van der Waals surface area contributed by atoms with Gasteiger partial charge in [0.1, 0.15) is 17.6 Å². The molecule has 8 heteroatoms. The SMILES string of the molecule is CCCOc1ccc(NC(=O)C2CCC(=O)N2)cc1-c1nc(C)c(C)c(=O)[nH]1. The van der Waals surface area contributed by atoms with E-state index < -0.39 is 6.04 Å². The van der Waals surface area contributed by atoms with Crippen LogP contribution in [0.2, 0.25) is 0 Å². The number of benzene rings is 1. The van der Waals surface area contributed by atoms with Crippen LogP contribution in [0.5, 0.6) is 5.75 Å². The van der Waals surface area contributed by atoms with Crippen molar-refractivity contribution >= 4 is 17.5 Å². The van der Waals surface area contributed by atoms with Crippen molar-refractivity contribution in [1.82, 2.24) is 15.3 Å². The average Bonchev–Trinajstić information content (AvgIpc) is 3.11. The Morgan fingerprint density at radius 1 is 1.32 bits per heavy atom. The van der Waals surface area contributed by atoms with E-state index in [0.717, 1.165) is 6.42 Å². The molecular formula is C20H24N4O4. The van der Waals surface area contributed by atoms with Crippen LogP contribution in [0.25, 0.3) is 11.4 Å². The van der Waals surface area contributed by atoms with Crippen molar-refractivity contribution in [3.63, 3.8) is 0 Å². The highest BCUT2D eigenvalue weighted by atomic mass is 16.5. The molecule has 2 aromatic rings. The summed E-state index contributed by atoms with van der Waals surface area (Å²) in [4.78, 5) is 43.2. The first-order valence-electron chi connectivity index (χ1n) is 9.34. The molecule has 1 aliphatic rings. The van der Waals surface area contributed by atoms with Gasteiger partial charge in [0.25, 0.3) is 5.56 Å². The molecule has 2 amide bonds. The summed E-state index contributed by atoms with van der Waals surface area (Å²) in [6.45, 7) is 6.00. The molecule has 1 fully saturated rings. The van der Waals surface area contributed by atoms with Crippen molar-refractivity contribution in [3.8, 4) is 17.1 Å². The largest absolute Gasteiger partial charge is 0.493 e. The Morgan fingerprint density at radius 2 is 2.11 bits per heavy atom. The molecule has 1 aliphatic heterocycles. The lowest BCUT2D eigenvalue weighted by Crippen LogP contribution is -2.37. The average molecular weight is 384 g/mol. The van der Waals surface area contributed by atoms with E-state index in [-0.39, 0.29) is 17.4 Å². The number of hydrogen-bond donors (Lipinski definition) is 3. The molecule has 1 aromatic heterocycles. The molecule has 148 valence electrons. The van der Waals surface area contributed by atoms with E-state index in [2.05, 4.69) is 20.6 Å². The number of rotatable bonds is 6. The van der Waals surface area contributed by atoms with Crippen LogP contribution in [0.15, 0.2) is 23.0 Å². The number of aromatic nitrogens is 2. The molecule has 1 unspecified atom stereocenters. The highest BCUT2D eigenvalue weighted by molar-refractivity contribution is 5.99. The van der Waals surface area contributed by atoms with Crippen LogP contribution in [0, 0.1) is 13.8 Å². The maximum Gasteiger partial charge on any atom is 0.254 e. The molecule has 0 radical (unpaired) electrons. The lowest BCUT2D eigenvalue weighted by Gasteiger charge is -2.15. The van der Waals surface area contributed by atoms with Gasteiger partial charge in [-0.05, 0) is 44.9 Å². The van der Waals surface area contributed by atoms with Crippen LogP contribution in [0.4, 0.5) is 5.69 Å². The number of carbonyl (C=O) groups excluding carboxylic acids is 2. The maximum absolute atomic E-state index is 12.4. The molecule has 8 nitrogen and oxygen atoms in total. The van der Waals surface area contributed by atoms with Gasteiger partial charge in [0, 0.05) is 23.4 Å². The molecule has 1 atom stereocenters. The standard InChI is InChI=1S/C20H24N4O4/c1-4-9-28-16-7-5-13(22-20(27)15-6-8-17(25)23-15)10-14(16)18-21-12(3)11(2)19(26)24-18/h5,7,10,15H,4,6,8-9H2,1-3H3,(H,22,27)(H,23,25)(H,21,24,26). The van der Waals surface area contributed by atoms with Crippen molar-refractivity contribution in [3.05, 3.63) is 39.8 Å². The van der Waals surface area contributed by atoms with Gasteiger partial charge in [0.05, 0.1) is 12.2 Å². The van der Waals surface area contributed by atoms with Crippen molar-refractivity contribution in [2.45, 2.75) is 46.1 Å². The monoisotopic (exact) mass is 384 g/mol. The number of hydrogen-bond acceptors (Lipinski definition) is 5. The Bertz CT molecular complexity index is 967. The second kappa shape index (κ2) is 8.24. The third kappa shape index (κ3) is 4.21. The van der Waals surface area contributed by atoms with Gasteiger partial charge in [-0.25, -0.2) is 4.98 Å². The molecule has 3 rings (SSSR count). The fourth-order valence-electron chi connectivity index (χ4n) is 2.94. The minimum Gasteiger partial charge on any atom is -0.493 e. The number of ether oxygens (including phenoxy) is 1. The zero-order valence-corrected chi connectivity index (χ0v) is 16.2. The molecule has 3 N–H and O–H groups in total. The van der Waals surface area contributed by atoms with E-state index in [0.29, 0.717) is 53.5 Å². The zero-order valence-electron chi connectivity index (χ0n) is 16.2. The fourth-order valence-corrected chi connectivity index (χ4v) is 2.94. The van der Waals surface area contributed by atoms with Gasteiger partial charge in [-0.15, -0.1) is 0 Å². The number of aryl methyl sites for hydroxylation is 1. The highest BCUT2D eigenvalue weighted by Gasteiger charge is 2.27. The molecule has 0 saturated carbocycles. The maximum atomic E-state index is 12.4. The number of H-pyrrole nitrogens is 1. The van der Waals surface area contributed by atoms with E-state index in [1.54, 1.807) is 32.0 Å². The first-order valence-corrected chi connectivity index (χ1v) is 9.34. The summed E-state index contributed by atoms with van der Waals surface area (Å²) in [5, 5.41) is 5.45. The van der Waals surface area contributed by atoms with Gasteiger partial charge in [0.2, 0.25) is 11.8 Å². The summed E-state index contributed by atoms with van der Waals surface area (Å²) >= 11 is 0. The number of nitrogens with zero attached hydrogens (tertiary/aromatic N) is 1. The van der Waals surface area contributed by atoms with Crippen molar-refractivity contribution in [2.24, 2.45) is 0 Å². The third-order valence-corrected chi connectivity index (χ3v) is 4.67. The summed E-state index contributed by atoms with van der Waals surface area (Å²) < 4.78 is 5.79. The number of aromatic amines is 1. The van der Waals surface area contributed by atoms with E-state index in [1.165, 1.54) is 0 Å². The first-order chi connectivity index (χ1) is 13.4. The minimum atomic E-state index is -0.536. The number of anilines is 1. The topological polar surface area (TPSA) is 113 Å². The van der Waals surface area contributed by atoms with Crippen molar-refractivity contribution in [2.75, 3.05) is 11.9 Å². The smallest absolute Gasteiger partial charge is 0.254 e. The van der Waals surface area contributed by atoms with E-state index in [9.17, 15) is 14.4 Å². The van der Waals surface area contributed by atoms with Gasteiger partial charge >= 0.3 is 0 Å². The third-order valence-electron chi connectivity index (χ3n) is 4.67. The Balaban J connectivity index is 1.94. The van der Waals surface area contributed by atoms with Crippen LogP contribution in [0.3, 0.4) is 0 Å². The molecule has 0 bridgehead atoms. The van der Waals surface area contributed by atoms with Crippen molar-refractivity contribution < 1.29 is 14.3 Å². The summed E-state index contributed by atoms with van der Waals surface area (Å²) in [7, 11) is 0. The molecule has 0 spiro atoms. The number of amides is 2. The first kappa shape index (κ1) is 19.6. The summed E-state index contributed by atoms with van der Waals surface area (Å²) in [5.74, 6) is 0.548. The van der Waals surface area contributed by atoms with Crippen LogP contribution in [-0.4, -0.2) is 34.4 Å². The summed E-state index contributed by atoms with van der Waals surface area (Å²) in [5.41, 5.74) is 2.09. The van der Waals surface area contributed by atoms with Crippen molar-refractivity contribution in [1.29, 1.82) is 0 Å². The van der Waals surface area contributed by atoms with Crippen LogP contribution >= 0.6 is 0 Å². The zero-order chi connectivity index (χ0) is 20.3. The molecule has 1 saturated heterocycles. The van der Waals surface area contributed by atoms with Crippen LogP contribution in [0.1, 0.15) is 37.4 Å². The molecule has 28 heavy (non-hydrogen) atoms. The quantitative estimate of drug-likeness (QED) is 0.706. The Hall–Kier alpha value is -3.16. The Morgan fingerprint density at radius 3 is 2.75 bits per heavy atom. The minimum absolute atomic E-state index is 0.124. The van der Waals surface area contributed by atoms with Gasteiger partial charge in [0.15, 0.2) is 0 Å². The molecular weight excluding hydrogens is 360 g/mol. The molecule has 0 aliphatic carbocycles. The highest BCUT2D eigenvalue weighted by Crippen LogP contribution is 2.31. The molecule has 1 aromatic carbocycles. The van der Waals surface area contributed by atoms with Crippen LogP contribution < -0.4 is 20.9 Å².